The number of carbonyl (C=O) groups is 2. The van der Waals surface area contributed by atoms with Gasteiger partial charge in [0.25, 0.3) is 0 Å². The first-order chi connectivity index (χ1) is 17.2. The van der Waals surface area contributed by atoms with Crippen LogP contribution in [0.15, 0.2) is 41.3 Å². The van der Waals surface area contributed by atoms with Crippen LogP contribution in [0.4, 0.5) is 10.6 Å². The lowest BCUT2D eigenvalue weighted by Gasteiger charge is -2.37. The van der Waals surface area contributed by atoms with Crippen molar-refractivity contribution >= 4 is 30.2 Å². The fourth-order valence-electron chi connectivity index (χ4n) is 4.24. The summed E-state index contributed by atoms with van der Waals surface area (Å²) in [6.07, 6.45) is 2.78. The van der Waals surface area contributed by atoms with Gasteiger partial charge in [0.1, 0.15) is 5.82 Å². The van der Waals surface area contributed by atoms with Crippen molar-refractivity contribution < 1.29 is 9.59 Å². The van der Waals surface area contributed by atoms with E-state index in [-0.39, 0.29) is 30.2 Å². The molecule has 2 aliphatic heterocycles. The highest BCUT2D eigenvalue weighted by Gasteiger charge is 2.31. The standard InChI is InChI=1S/C25H36N8O3.ClH/c1-25(2,26)22(34)31-11-13-32(14-12-31)23(35)29-21-8-10-33(24(36)30-21)20-5-3-18(4-6-20)15-27-9-7-19-16-28-17-19;/h3-6,8,10,19,27-28H,7,9,11-17,26H2,1-2H3,(H,29,30,35,36);1H. The minimum absolute atomic E-state index is 0. The molecule has 1 aromatic carbocycles. The number of nitrogens with zero attached hydrogens (tertiary/aromatic N) is 4. The second-order valence-electron chi connectivity index (χ2n) is 10.1. The zero-order valence-corrected chi connectivity index (χ0v) is 22.2. The number of nitrogens with one attached hydrogen (secondary N) is 3. The number of anilines is 1. The monoisotopic (exact) mass is 532 g/mol. The van der Waals surface area contributed by atoms with E-state index < -0.39 is 11.2 Å². The molecule has 2 aromatic rings. The van der Waals surface area contributed by atoms with Gasteiger partial charge < -0.3 is 26.2 Å². The number of hydrogen-bond acceptors (Lipinski definition) is 7. The van der Waals surface area contributed by atoms with Gasteiger partial charge in [-0.15, -0.1) is 12.4 Å². The van der Waals surface area contributed by atoms with Crippen molar-refractivity contribution in [3.63, 3.8) is 0 Å². The van der Waals surface area contributed by atoms with Crippen LogP contribution in [0, 0.1) is 5.92 Å². The number of benzene rings is 1. The van der Waals surface area contributed by atoms with Crippen LogP contribution < -0.4 is 27.4 Å². The van der Waals surface area contributed by atoms with Crippen LogP contribution in [0.1, 0.15) is 25.8 Å². The first-order valence-corrected chi connectivity index (χ1v) is 12.5. The van der Waals surface area contributed by atoms with Crippen LogP contribution in [0.5, 0.6) is 0 Å². The SMILES string of the molecule is CC(C)(N)C(=O)N1CCN(C(=O)Nc2ccn(-c3ccc(CNCCC4CNC4)cc3)c(=O)n2)CC1.Cl. The topological polar surface area (TPSA) is 138 Å². The van der Waals surface area contributed by atoms with E-state index in [0.29, 0.717) is 31.9 Å². The van der Waals surface area contributed by atoms with Crippen molar-refractivity contribution in [2.24, 2.45) is 11.7 Å². The van der Waals surface area contributed by atoms with E-state index in [4.69, 9.17) is 5.73 Å². The van der Waals surface area contributed by atoms with Crippen LogP contribution in [0.25, 0.3) is 5.69 Å². The van der Waals surface area contributed by atoms with Gasteiger partial charge in [-0.05, 0) is 69.6 Å². The van der Waals surface area contributed by atoms with E-state index in [9.17, 15) is 14.4 Å². The molecule has 2 saturated heterocycles. The summed E-state index contributed by atoms with van der Waals surface area (Å²) in [4.78, 5) is 44.9. The lowest BCUT2D eigenvalue weighted by molar-refractivity contribution is -0.137. The number of rotatable bonds is 8. The number of hydrogen-bond donors (Lipinski definition) is 4. The van der Waals surface area contributed by atoms with Crippen LogP contribution in [0.2, 0.25) is 0 Å². The van der Waals surface area contributed by atoms with E-state index in [2.05, 4.69) is 20.9 Å². The lowest BCUT2D eigenvalue weighted by Crippen LogP contribution is -2.58. The van der Waals surface area contributed by atoms with E-state index >= 15 is 0 Å². The summed E-state index contributed by atoms with van der Waals surface area (Å²) < 4.78 is 1.44. The number of amides is 3. The highest BCUT2D eigenvalue weighted by molar-refractivity contribution is 5.89. The molecule has 5 N–H and O–H groups in total. The summed E-state index contributed by atoms with van der Waals surface area (Å²) >= 11 is 0. The normalized spacial score (nSPS) is 16.1. The predicted molar refractivity (Wildman–Crippen MR) is 145 cm³/mol. The predicted octanol–water partition coefficient (Wildman–Crippen LogP) is 0.767. The smallest absolute Gasteiger partial charge is 0.338 e. The number of nitrogens with two attached hydrogens (primary N) is 1. The van der Waals surface area contributed by atoms with Crippen LogP contribution >= 0.6 is 12.4 Å². The van der Waals surface area contributed by atoms with Gasteiger partial charge in [0.2, 0.25) is 5.91 Å². The number of urea groups is 1. The van der Waals surface area contributed by atoms with Gasteiger partial charge in [-0.25, -0.2) is 9.59 Å². The Morgan fingerprint density at radius 3 is 2.30 bits per heavy atom. The maximum Gasteiger partial charge on any atom is 0.354 e. The van der Waals surface area contributed by atoms with E-state index in [1.54, 1.807) is 35.9 Å². The first kappa shape index (κ1) is 28.6. The quantitative estimate of drug-likeness (QED) is 0.368. The summed E-state index contributed by atoms with van der Waals surface area (Å²) in [6, 6.07) is 9.00. The Hall–Kier alpha value is -2.99. The third kappa shape index (κ3) is 7.51. The highest BCUT2D eigenvalue weighted by atomic mass is 35.5. The second kappa shape index (κ2) is 12.5. The molecule has 3 amide bonds. The second-order valence-corrected chi connectivity index (χ2v) is 10.1. The molecule has 2 aliphatic rings. The van der Waals surface area contributed by atoms with Gasteiger partial charge >= 0.3 is 11.7 Å². The van der Waals surface area contributed by atoms with Crippen LogP contribution in [-0.4, -0.2) is 82.6 Å². The molecule has 0 radical (unpaired) electrons. The van der Waals surface area contributed by atoms with Crippen LogP contribution in [0.3, 0.4) is 0 Å². The summed E-state index contributed by atoms with van der Waals surface area (Å²) in [5, 5.41) is 9.43. The minimum Gasteiger partial charge on any atom is -0.338 e. The molecule has 202 valence electrons. The molecule has 12 heteroatoms. The Balaban J connectivity index is 0.00000380. The maximum atomic E-state index is 12.6. The van der Waals surface area contributed by atoms with Crippen molar-refractivity contribution in [2.45, 2.75) is 32.4 Å². The van der Waals surface area contributed by atoms with Crippen LogP contribution in [-0.2, 0) is 11.3 Å². The summed E-state index contributed by atoms with van der Waals surface area (Å²) in [5.41, 5.74) is 6.33. The zero-order chi connectivity index (χ0) is 25.7. The van der Waals surface area contributed by atoms with E-state index in [0.717, 1.165) is 37.7 Å². The molecule has 0 atom stereocenters. The maximum absolute atomic E-state index is 12.6. The Morgan fingerprint density at radius 1 is 1.08 bits per heavy atom. The fourth-order valence-corrected chi connectivity index (χ4v) is 4.24. The van der Waals surface area contributed by atoms with Crippen molar-refractivity contribution in [3.05, 3.63) is 52.6 Å². The zero-order valence-electron chi connectivity index (χ0n) is 21.4. The Morgan fingerprint density at radius 2 is 1.73 bits per heavy atom. The van der Waals surface area contributed by atoms with Gasteiger partial charge in [0, 0.05) is 38.9 Å². The average Bonchev–Trinajstić information content (AvgIpc) is 2.82. The number of piperazine rings is 1. The lowest BCUT2D eigenvalue weighted by atomic mass is 9.99. The van der Waals surface area contributed by atoms with E-state index in [1.807, 2.05) is 24.3 Å². The van der Waals surface area contributed by atoms with Gasteiger partial charge in [0.05, 0.1) is 11.2 Å². The molecule has 2 fully saturated rings. The summed E-state index contributed by atoms with van der Waals surface area (Å²) in [5.74, 6) is 0.834. The van der Waals surface area contributed by atoms with Crippen molar-refractivity contribution in [3.8, 4) is 5.69 Å². The Kier molecular flexibility index (Phi) is 9.66. The van der Waals surface area contributed by atoms with Crippen molar-refractivity contribution in [1.82, 2.24) is 30.0 Å². The number of carbonyl (C=O) groups excluding carboxylic acids is 2. The molecular weight excluding hydrogens is 496 g/mol. The molecule has 3 heterocycles. The third-order valence-corrected chi connectivity index (χ3v) is 6.58. The first-order valence-electron chi connectivity index (χ1n) is 12.5. The van der Waals surface area contributed by atoms with Crippen molar-refractivity contribution in [1.29, 1.82) is 0 Å². The Bertz CT molecular complexity index is 1120. The summed E-state index contributed by atoms with van der Waals surface area (Å²) in [7, 11) is 0. The summed E-state index contributed by atoms with van der Waals surface area (Å²) in [6.45, 7) is 8.93. The Labute approximate surface area is 223 Å². The van der Waals surface area contributed by atoms with Gasteiger partial charge in [-0.3, -0.25) is 14.7 Å². The van der Waals surface area contributed by atoms with Gasteiger partial charge in [0.15, 0.2) is 0 Å². The van der Waals surface area contributed by atoms with Crippen molar-refractivity contribution in [2.75, 3.05) is 51.1 Å². The molecule has 0 spiro atoms. The number of aromatic nitrogens is 2. The van der Waals surface area contributed by atoms with Gasteiger partial charge in [-0.2, -0.15) is 4.98 Å². The molecule has 0 saturated carbocycles. The largest absolute Gasteiger partial charge is 0.354 e. The molecule has 37 heavy (non-hydrogen) atoms. The molecule has 1 aromatic heterocycles. The molecule has 11 nitrogen and oxygen atoms in total. The molecule has 4 rings (SSSR count). The average molecular weight is 533 g/mol. The van der Waals surface area contributed by atoms with E-state index in [1.165, 1.54) is 11.0 Å². The molecule has 0 aliphatic carbocycles. The minimum atomic E-state index is -0.942. The molecule has 0 unspecified atom stereocenters. The number of halogens is 1. The fraction of sp³-hybridized carbons (Fsp3) is 0.520. The molecular formula is C25H37ClN8O3. The molecule has 0 bridgehead atoms. The highest BCUT2D eigenvalue weighted by Crippen LogP contribution is 2.12. The third-order valence-electron chi connectivity index (χ3n) is 6.58. The van der Waals surface area contributed by atoms with Gasteiger partial charge in [-0.1, -0.05) is 12.1 Å².